The van der Waals surface area contributed by atoms with Gasteiger partial charge in [-0.25, -0.2) is 0 Å². The van der Waals surface area contributed by atoms with Crippen molar-refractivity contribution in [2.24, 2.45) is 5.92 Å². The van der Waals surface area contributed by atoms with Crippen LogP contribution in [0.1, 0.15) is 23.2 Å². The number of carbonyl (C=O) groups excluding carboxylic acids is 1. The zero-order valence-corrected chi connectivity index (χ0v) is 10.5. The van der Waals surface area contributed by atoms with Crippen LogP contribution in [0, 0.1) is 5.92 Å². The van der Waals surface area contributed by atoms with Gasteiger partial charge < -0.3 is 9.47 Å². The number of hydrogen-bond acceptors (Lipinski definition) is 3. The van der Waals surface area contributed by atoms with Crippen molar-refractivity contribution in [1.29, 1.82) is 0 Å². The van der Waals surface area contributed by atoms with Crippen LogP contribution < -0.4 is 4.74 Å². The Labute approximate surface area is 106 Å². The Morgan fingerprint density at radius 2 is 2.35 bits per heavy atom. The maximum absolute atomic E-state index is 12.3. The van der Waals surface area contributed by atoms with Crippen LogP contribution in [-0.4, -0.2) is 26.1 Å². The normalized spacial score (nSPS) is 20.0. The second-order valence-electron chi connectivity index (χ2n) is 4.12. The molecule has 17 heavy (non-hydrogen) atoms. The zero-order chi connectivity index (χ0) is 12.3. The molecule has 1 aromatic carbocycles. The van der Waals surface area contributed by atoms with Gasteiger partial charge in [0.05, 0.1) is 19.3 Å². The Morgan fingerprint density at radius 1 is 1.53 bits per heavy atom. The SMILES string of the molecule is COc1cc(Cl)ccc1C(=O)C1CCCOC1. The van der Waals surface area contributed by atoms with E-state index < -0.39 is 0 Å². The van der Waals surface area contributed by atoms with Crippen molar-refractivity contribution < 1.29 is 14.3 Å². The predicted octanol–water partition coefficient (Wildman–Crippen LogP) is 2.96. The average Bonchev–Trinajstić information content (AvgIpc) is 2.39. The highest BCUT2D eigenvalue weighted by molar-refractivity contribution is 6.30. The summed E-state index contributed by atoms with van der Waals surface area (Å²) in [5, 5.41) is 0.568. The first-order valence-electron chi connectivity index (χ1n) is 5.68. The highest BCUT2D eigenvalue weighted by Gasteiger charge is 2.25. The highest BCUT2D eigenvalue weighted by Crippen LogP contribution is 2.27. The molecule has 0 aliphatic carbocycles. The lowest BCUT2D eigenvalue weighted by Gasteiger charge is -2.21. The molecule has 1 saturated heterocycles. The third-order valence-electron chi connectivity index (χ3n) is 2.96. The summed E-state index contributed by atoms with van der Waals surface area (Å²) >= 11 is 5.87. The van der Waals surface area contributed by atoms with E-state index in [0.717, 1.165) is 19.4 Å². The lowest BCUT2D eigenvalue weighted by atomic mass is 9.92. The fourth-order valence-electron chi connectivity index (χ4n) is 2.04. The molecule has 0 bridgehead atoms. The van der Waals surface area contributed by atoms with Crippen molar-refractivity contribution in [3.05, 3.63) is 28.8 Å². The number of benzene rings is 1. The molecule has 0 saturated carbocycles. The molecule has 0 radical (unpaired) electrons. The van der Waals surface area contributed by atoms with Gasteiger partial charge in [0.25, 0.3) is 0 Å². The van der Waals surface area contributed by atoms with E-state index in [9.17, 15) is 4.79 Å². The van der Waals surface area contributed by atoms with E-state index in [1.165, 1.54) is 0 Å². The van der Waals surface area contributed by atoms with Crippen LogP contribution >= 0.6 is 11.6 Å². The van der Waals surface area contributed by atoms with Crippen LogP contribution in [0.25, 0.3) is 0 Å². The molecule has 0 aromatic heterocycles. The molecule has 0 amide bonds. The maximum Gasteiger partial charge on any atom is 0.171 e. The summed E-state index contributed by atoms with van der Waals surface area (Å²) in [7, 11) is 1.54. The molecule has 3 nitrogen and oxygen atoms in total. The van der Waals surface area contributed by atoms with Crippen molar-refractivity contribution in [1.82, 2.24) is 0 Å². The van der Waals surface area contributed by atoms with Crippen LogP contribution in [0.5, 0.6) is 5.75 Å². The molecule has 1 aliphatic heterocycles. The van der Waals surface area contributed by atoms with Gasteiger partial charge in [-0.2, -0.15) is 0 Å². The molecule has 1 unspecified atom stereocenters. The third kappa shape index (κ3) is 2.79. The van der Waals surface area contributed by atoms with Crippen molar-refractivity contribution in [3.63, 3.8) is 0 Å². The second-order valence-corrected chi connectivity index (χ2v) is 4.56. The first kappa shape index (κ1) is 12.4. The molecule has 1 fully saturated rings. The van der Waals surface area contributed by atoms with Gasteiger partial charge in [-0.3, -0.25) is 4.79 Å². The summed E-state index contributed by atoms with van der Waals surface area (Å²) in [5.74, 6) is 0.560. The Balaban J connectivity index is 2.23. The number of ketones is 1. The van der Waals surface area contributed by atoms with E-state index in [0.29, 0.717) is 22.9 Å². The largest absolute Gasteiger partial charge is 0.496 e. The number of Topliss-reactive ketones (excluding diaryl/α,β-unsaturated/α-hetero) is 1. The van der Waals surface area contributed by atoms with Gasteiger partial charge in [-0.15, -0.1) is 0 Å². The van der Waals surface area contributed by atoms with Gasteiger partial charge >= 0.3 is 0 Å². The number of carbonyl (C=O) groups is 1. The van der Waals surface area contributed by atoms with E-state index in [-0.39, 0.29) is 11.7 Å². The Hall–Kier alpha value is -1.06. The minimum atomic E-state index is -0.0566. The van der Waals surface area contributed by atoms with Gasteiger partial charge in [-0.05, 0) is 31.0 Å². The number of halogens is 1. The molecule has 2 rings (SSSR count). The van der Waals surface area contributed by atoms with Crippen molar-refractivity contribution in [2.75, 3.05) is 20.3 Å². The first-order valence-corrected chi connectivity index (χ1v) is 6.05. The minimum absolute atomic E-state index is 0.0566. The molecular weight excluding hydrogens is 240 g/mol. The molecule has 1 aromatic rings. The molecular formula is C13H15ClO3. The Morgan fingerprint density at radius 3 is 3.00 bits per heavy atom. The van der Waals surface area contributed by atoms with E-state index >= 15 is 0 Å². The van der Waals surface area contributed by atoms with Crippen LogP contribution in [0.15, 0.2) is 18.2 Å². The van der Waals surface area contributed by atoms with Gasteiger partial charge in [-0.1, -0.05) is 11.6 Å². The zero-order valence-electron chi connectivity index (χ0n) is 9.74. The lowest BCUT2D eigenvalue weighted by molar-refractivity contribution is 0.0459. The van der Waals surface area contributed by atoms with Crippen molar-refractivity contribution >= 4 is 17.4 Å². The van der Waals surface area contributed by atoms with Crippen LogP contribution in [0.2, 0.25) is 5.02 Å². The molecule has 1 atom stereocenters. The minimum Gasteiger partial charge on any atom is -0.496 e. The fourth-order valence-corrected chi connectivity index (χ4v) is 2.20. The predicted molar refractivity (Wildman–Crippen MR) is 65.9 cm³/mol. The topological polar surface area (TPSA) is 35.5 Å². The Kier molecular flexibility index (Phi) is 4.02. The first-order chi connectivity index (χ1) is 8.22. The maximum atomic E-state index is 12.3. The highest BCUT2D eigenvalue weighted by atomic mass is 35.5. The average molecular weight is 255 g/mol. The van der Waals surface area contributed by atoms with E-state index in [1.54, 1.807) is 25.3 Å². The van der Waals surface area contributed by atoms with E-state index in [4.69, 9.17) is 21.1 Å². The van der Waals surface area contributed by atoms with Crippen molar-refractivity contribution in [2.45, 2.75) is 12.8 Å². The molecule has 0 spiro atoms. The summed E-state index contributed by atoms with van der Waals surface area (Å²) in [6, 6.07) is 5.09. The molecule has 0 N–H and O–H groups in total. The molecule has 1 heterocycles. The number of rotatable bonds is 3. The summed E-state index contributed by atoms with van der Waals surface area (Å²) in [4.78, 5) is 12.3. The van der Waals surface area contributed by atoms with E-state index in [2.05, 4.69) is 0 Å². The standard InChI is InChI=1S/C13H15ClO3/c1-16-12-7-10(14)4-5-11(12)13(15)9-3-2-6-17-8-9/h4-5,7,9H,2-3,6,8H2,1H3. The molecule has 92 valence electrons. The van der Waals surface area contributed by atoms with Gasteiger partial charge in [0.2, 0.25) is 0 Å². The van der Waals surface area contributed by atoms with E-state index in [1.807, 2.05) is 0 Å². The summed E-state index contributed by atoms with van der Waals surface area (Å²) in [5.41, 5.74) is 0.590. The van der Waals surface area contributed by atoms with Crippen molar-refractivity contribution in [3.8, 4) is 5.75 Å². The number of hydrogen-bond donors (Lipinski definition) is 0. The number of ether oxygens (including phenoxy) is 2. The molecule has 4 heteroatoms. The summed E-state index contributed by atoms with van der Waals surface area (Å²) in [6.45, 7) is 1.26. The van der Waals surface area contributed by atoms with Gasteiger partial charge in [0.15, 0.2) is 5.78 Å². The summed E-state index contributed by atoms with van der Waals surface area (Å²) in [6.07, 6.45) is 1.82. The lowest BCUT2D eigenvalue weighted by Crippen LogP contribution is -2.25. The smallest absolute Gasteiger partial charge is 0.171 e. The fraction of sp³-hybridized carbons (Fsp3) is 0.462. The van der Waals surface area contributed by atoms with Gasteiger partial charge in [0.1, 0.15) is 5.75 Å². The molecule has 1 aliphatic rings. The quantitative estimate of drug-likeness (QED) is 0.778. The second kappa shape index (κ2) is 5.52. The van der Waals surface area contributed by atoms with Crippen LogP contribution in [0.3, 0.4) is 0 Å². The van der Waals surface area contributed by atoms with Crippen LogP contribution in [-0.2, 0) is 4.74 Å². The third-order valence-corrected chi connectivity index (χ3v) is 3.20. The van der Waals surface area contributed by atoms with Crippen LogP contribution in [0.4, 0.5) is 0 Å². The monoisotopic (exact) mass is 254 g/mol. The summed E-state index contributed by atoms with van der Waals surface area (Å²) < 4.78 is 10.5. The van der Waals surface area contributed by atoms with Gasteiger partial charge in [0, 0.05) is 17.5 Å². The number of methoxy groups -OCH3 is 1. The Bertz CT molecular complexity index is 411.